The summed E-state index contributed by atoms with van der Waals surface area (Å²) in [6, 6.07) is 10.6. The molecule has 8 nitrogen and oxygen atoms in total. The van der Waals surface area contributed by atoms with Crippen molar-refractivity contribution >= 4 is 43.4 Å². The number of hydrogen-bond acceptors (Lipinski definition) is 6. The molecule has 162 valence electrons. The standard InChI is InChI=1S/C19H23N3O5S3/c1-16-4-6-17(7-5-16)8-14-29(24,25)20-15-18(23)21-9-11-22(12-10-21)30(26,27)19-3-2-13-28-19/h2-8,13-14,20H,9-12,15H2,1H3. The van der Waals surface area contributed by atoms with Crippen LogP contribution in [0.15, 0.2) is 51.4 Å². The van der Waals surface area contributed by atoms with Crippen LogP contribution in [0.2, 0.25) is 0 Å². The monoisotopic (exact) mass is 469 g/mol. The van der Waals surface area contributed by atoms with Gasteiger partial charge in [-0.25, -0.2) is 21.6 Å². The van der Waals surface area contributed by atoms with Crippen molar-refractivity contribution in [2.75, 3.05) is 32.7 Å². The van der Waals surface area contributed by atoms with E-state index < -0.39 is 26.0 Å². The fourth-order valence-corrected chi connectivity index (χ4v) is 6.21. The van der Waals surface area contributed by atoms with Gasteiger partial charge in [-0.2, -0.15) is 4.31 Å². The Labute approximate surface area is 180 Å². The summed E-state index contributed by atoms with van der Waals surface area (Å²) in [5, 5.41) is 2.72. The predicted octanol–water partition coefficient (Wildman–Crippen LogP) is 1.48. The molecule has 0 spiro atoms. The van der Waals surface area contributed by atoms with Crippen LogP contribution in [0, 0.1) is 6.92 Å². The molecule has 1 aromatic carbocycles. The SMILES string of the molecule is Cc1ccc(C=CS(=O)(=O)NCC(=O)N2CCN(S(=O)(=O)c3cccs3)CC2)cc1. The molecule has 0 aliphatic carbocycles. The number of rotatable bonds is 7. The molecule has 11 heteroatoms. The van der Waals surface area contributed by atoms with E-state index >= 15 is 0 Å². The van der Waals surface area contributed by atoms with E-state index in [9.17, 15) is 21.6 Å². The lowest BCUT2D eigenvalue weighted by atomic mass is 10.2. The van der Waals surface area contributed by atoms with Crippen molar-refractivity contribution in [3.63, 3.8) is 0 Å². The van der Waals surface area contributed by atoms with Crippen molar-refractivity contribution in [1.82, 2.24) is 13.9 Å². The number of benzene rings is 1. The van der Waals surface area contributed by atoms with Crippen LogP contribution in [0.1, 0.15) is 11.1 Å². The average Bonchev–Trinajstić information content (AvgIpc) is 3.28. The summed E-state index contributed by atoms with van der Waals surface area (Å²) in [5.74, 6) is -0.393. The second kappa shape index (κ2) is 9.40. The normalized spacial score (nSPS) is 16.2. The molecule has 1 aromatic heterocycles. The van der Waals surface area contributed by atoms with E-state index in [1.807, 2.05) is 19.1 Å². The highest BCUT2D eigenvalue weighted by Crippen LogP contribution is 2.22. The molecule has 2 aromatic rings. The molecule has 3 rings (SSSR count). The highest BCUT2D eigenvalue weighted by molar-refractivity contribution is 7.92. The van der Waals surface area contributed by atoms with Gasteiger partial charge in [-0.15, -0.1) is 11.3 Å². The topological polar surface area (TPSA) is 104 Å². The Morgan fingerprint density at radius 2 is 1.73 bits per heavy atom. The van der Waals surface area contributed by atoms with Gasteiger partial charge in [0.05, 0.1) is 6.54 Å². The summed E-state index contributed by atoms with van der Waals surface area (Å²) < 4.78 is 53.2. The fraction of sp³-hybridized carbons (Fsp3) is 0.316. The highest BCUT2D eigenvalue weighted by Gasteiger charge is 2.30. The number of sulfonamides is 2. The molecule has 1 fully saturated rings. The average molecular weight is 470 g/mol. The van der Waals surface area contributed by atoms with Gasteiger partial charge in [0.1, 0.15) is 4.21 Å². The number of hydrogen-bond donors (Lipinski definition) is 1. The maximum Gasteiger partial charge on any atom is 0.252 e. The van der Waals surface area contributed by atoms with Gasteiger partial charge in [-0.1, -0.05) is 35.9 Å². The molecule has 1 saturated heterocycles. The highest BCUT2D eigenvalue weighted by atomic mass is 32.2. The van der Waals surface area contributed by atoms with Gasteiger partial charge in [-0.05, 0) is 30.0 Å². The van der Waals surface area contributed by atoms with Gasteiger partial charge in [-0.3, -0.25) is 4.79 Å². The number of carbonyl (C=O) groups is 1. The second-order valence-electron chi connectivity index (χ2n) is 6.80. The van der Waals surface area contributed by atoms with Gasteiger partial charge < -0.3 is 4.90 Å². The molecule has 2 heterocycles. The van der Waals surface area contributed by atoms with Crippen LogP contribution in [0.4, 0.5) is 0 Å². The van der Waals surface area contributed by atoms with Crippen molar-refractivity contribution in [2.24, 2.45) is 0 Å². The number of piperazine rings is 1. The third-order valence-corrected chi connectivity index (χ3v) is 8.93. The number of amides is 1. The van der Waals surface area contributed by atoms with Crippen LogP contribution in [-0.2, 0) is 24.8 Å². The van der Waals surface area contributed by atoms with Crippen LogP contribution < -0.4 is 4.72 Å². The zero-order valence-corrected chi connectivity index (χ0v) is 18.8. The van der Waals surface area contributed by atoms with Gasteiger partial charge in [0.15, 0.2) is 0 Å². The molecule has 1 amide bonds. The lowest BCUT2D eigenvalue weighted by Gasteiger charge is -2.33. The number of nitrogens with zero attached hydrogens (tertiary/aromatic N) is 2. The first kappa shape index (κ1) is 22.6. The molecular weight excluding hydrogens is 446 g/mol. The lowest BCUT2D eigenvalue weighted by molar-refractivity contribution is -0.131. The van der Waals surface area contributed by atoms with Crippen LogP contribution in [-0.4, -0.2) is 64.7 Å². The van der Waals surface area contributed by atoms with Gasteiger partial charge >= 0.3 is 0 Å². The van der Waals surface area contributed by atoms with E-state index in [-0.39, 0.29) is 36.9 Å². The molecule has 30 heavy (non-hydrogen) atoms. The van der Waals surface area contributed by atoms with E-state index in [1.165, 1.54) is 15.3 Å². The van der Waals surface area contributed by atoms with E-state index in [0.29, 0.717) is 0 Å². The summed E-state index contributed by atoms with van der Waals surface area (Å²) in [6.45, 7) is 2.33. The molecule has 1 N–H and O–H groups in total. The number of aryl methyl sites for hydroxylation is 1. The summed E-state index contributed by atoms with van der Waals surface area (Å²) in [5.41, 5.74) is 1.81. The predicted molar refractivity (Wildman–Crippen MR) is 117 cm³/mol. The summed E-state index contributed by atoms with van der Waals surface area (Å²) in [7, 11) is -7.32. The first-order chi connectivity index (χ1) is 14.2. The molecule has 0 radical (unpaired) electrons. The molecule has 0 bridgehead atoms. The Bertz CT molecular complexity index is 1100. The summed E-state index contributed by atoms with van der Waals surface area (Å²) in [6.07, 6.45) is 1.46. The Balaban J connectivity index is 1.50. The van der Waals surface area contributed by atoms with Crippen LogP contribution >= 0.6 is 11.3 Å². The minimum atomic E-state index is -3.77. The van der Waals surface area contributed by atoms with Gasteiger partial charge in [0, 0.05) is 31.6 Å². The molecule has 0 saturated carbocycles. The van der Waals surface area contributed by atoms with E-state index in [2.05, 4.69) is 4.72 Å². The molecule has 0 atom stereocenters. The maximum absolute atomic E-state index is 12.5. The molecular formula is C19H23N3O5S3. The number of carbonyl (C=O) groups excluding carboxylic acids is 1. The third kappa shape index (κ3) is 5.76. The minimum Gasteiger partial charge on any atom is -0.339 e. The third-order valence-electron chi connectivity index (χ3n) is 4.62. The maximum atomic E-state index is 12.5. The first-order valence-electron chi connectivity index (χ1n) is 9.23. The quantitative estimate of drug-likeness (QED) is 0.662. The van der Waals surface area contributed by atoms with Crippen molar-refractivity contribution in [3.05, 3.63) is 58.3 Å². The molecule has 0 unspecified atom stereocenters. The van der Waals surface area contributed by atoms with Crippen molar-refractivity contribution in [3.8, 4) is 0 Å². The van der Waals surface area contributed by atoms with Crippen LogP contribution in [0.25, 0.3) is 6.08 Å². The zero-order chi connectivity index (χ0) is 21.8. The molecule has 1 aliphatic heterocycles. The Kier molecular flexibility index (Phi) is 7.09. The summed E-state index contributed by atoms with van der Waals surface area (Å²) >= 11 is 1.15. The first-order valence-corrected chi connectivity index (χ1v) is 13.1. The minimum absolute atomic E-state index is 0.173. The zero-order valence-electron chi connectivity index (χ0n) is 16.4. The lowest BCUT2D eigenvalue weighted by Crippen LogP contribution is -2.52. The largest absolute Gasteiger partial charge is 0.339 e. The number of nitrogens with one attached hydrogen (secondary N) is 1. The van der Waals surface area contributed by atoms with Crippen molar-refractivity contribution < 1.29 is 21.6 Å². The smallest absolute Gasteiger partial charge is 0.252 e. The second-order valence-corrected chi connectivity index (χ2v) is 11.6. The Morgan fingerprint density at radius 3 is 2.33 bits per heavy atom. The van der Waals surface area contributed by atoms with Gasteiger partial charge in [0.2, 0.25) is 15.9 Å². The Morgan fingerprint density at radius 1 is 1.07 bits per heavy atom. The van der Waals surface area contributed by atoms with Crippen molar-refractivity contribution in [1.29, 1.82) is 0 Å². The van der Waals surface area contributed by atoms with Crippen LogP contribution in [0.3, 0.4) is 0 Å². The Hall–Kier alpha value is -2.05. The fourth-order valence-electron chi connectivity index (χ4n) is 2.88. The molecule has 1 aliphatic rings. The van der Waals surface area contributed by atoms with E-state index in [4.69, 9.17) is 0 Å². The summed E-state index contributed by atoms with van der Waals surface area (Å²) in [4.78, 5) is 13.8. The van der Waals surface area contributed by atoms with E-state index in [0.717, 1.165) is 27.9 Å². The van der Waals surface area contributed by atoms with Crippen LogP contribution in [0.5, 0.6) is 0 Å². The van der Waals surface area contributed by atoms with Gasteiger partial charge in [0.25, 0.3) is 10.0 Å². The number of thiophene rings is 1. The van der Waals surface area contributed by atoms with E-state index in [1.54, 1.807) is 29.6 Å². The van der Waals surface area contributed by atoms with Crippen molar-refractivity contribution in [2.45, 2.75) is 11.1 Å².